The van der Waals surface area contributed by atoms with Crippen LogP contribution >= 0.6 is 0 Å². The van der Waals surface area contributed by atoms with Gasteiger partial charge in [0.25, 0.3) is 5.56 Å². The molecular formula is C14H16N2O4. The summed E-state index contributed by atoms with van der Waals surface area (Å²) >= 11 is 0. The summed E-state index contributed by atoms with van der Waals surface area (Å²) in [6, 6.07) is 7.34. The normalized spacial score (nSPS) is 10.3. The number of para-hydroxylation sites is 1. The molecule has 0 saturated carbocycles. The summed E-state index contributed by atoms with van der Waals surface area (Å²) in [6.45, 7) is 0.896. The number of hydrogen-bond donors (Lipinski definition) is 1. The van der Waals surface area contributed by atoms with Crippen molar-refractivity contribution in [3.63, 3.8) is 0 Å². The van der Waals surface area contributed by atoms with Crippen molar-refractivity contribution in [2.45, 2.75) is 0 Å². The van der Waals surface area contributed by atoms with Crippen LogP contribution in [0.25, 0.3) is 11.3 Å². The molecule has 2 rings (SSSR count). The van der Waals surface area contributed by atoms with E-state index in [2.05, 4.69) is 9.97 Å². The van der Waals surface area contributed by atoms with E-state index in [4.69, 9.17) is 14.2 Å². The summed E-state index contributed by atoms with van der Waals surface area (Å²) in [6.07, 6.45) is 1.34. The number of H-pyrrole nitrogens is 1. The van der Waals surface area contributed by atoms with Gasteiger partial charge < -0.3 is 19.2 Å². The zero-order chi connectivity index (χ0) is 14.4. The third-order valence-corrected chi connectivity index (χ3v) is 2.70. The molecule has 0 aliphatic rings. The molecule has 1 N–H and O–H groups in total. The van der Waals surface area contributed by atoms with Crippen molar-refractivity contribution >= 4 is 0 Å². The number of rotatable bonds is 6. The molecule has 0 bridgehead atoms. The van der Waals surface area contributed by atoms with E-state index in [-0.39, 0.29) is 11.3 Å². The van der Waals surface area contributed by atoms with Crippen molar-refractivity contribution in [3.8, 4) is 22.8 Å². The van der Waals surface area contributed by atoms with Gasteiger partial charge >= 0.3 is 0 Å². The first kappa shape index (κ1) is 14.1. The maximum atomic E-state index is 11.7. The lowest BCUT2D eigenvalue weighted by molar-refractivity contribution is 0.146. The first-order valence-corrected chi connectivity index (χ1v) is 6.10. The van der Waals surface area contributed by atoms with Gasteiger partial charge in [-0.1, -0.05) is 12.1 Å². The molecule has 0 amide bonds. The molecule has 0 aliphatic heterocycles. The molecule has 0 unspecified atom stereocenters. The number of nitrogens with one attached hydrogen (secondary N) is 1. The minimum Gasteiger partial charge on any atom is -0.490 e. The fourth-order valence-electron chi connectivity index (χ4n) is 1.79. The van der Waals surface area contributed by atoms with Crippen LogP contribution in [0.15, 0.2) is 35.4 Å². The minimum atomic E-state index is -0.329. The second-order valence-electron chi connectivity index (χ2n) is 3.95. The Morgan fingerprint density at radius 2 is 2.00 bits per heavy atom. The first-order valence-electron chi connectivity index (χ1n) is 6.10. The van der Waals surface area contributed by atoms with Gasteiger partial charge in [-0.3, -0.25) is 4.79 Å². The van der Waals surface area contributed by atoms with Crippen LogP contribution in [0.2, 0.25) is 0 Å². The standard InChI is InChI=1S/C14H16N2O4/c1-18-7-8-20-11-6-4-3-5-10(11)12-13(19-2)14(17)16-9-15-12/h3-6,9H,7-8H2,1-2H3,(H,15,16,17). The molecule has 1 aromatic heterocycles. The molecule has 2 aromatic rings. The van der Waals surface area contributed by atoms with E-state index in [1.807, 2.05) is 24.3 Å². The monoisotopic (exact) mass is 276 g/mol. The van der Waals surface area contributed by atoms with Crippen LogP contribution in [0, 0.1) is 0 Å². The van der Waals surface area contributed by atoms with Gasteiger partial charge in [0.15, 0.2) is 0 Å². The summed E-state index contributed by atoms with van der Waals surface area (Å²) in [5, 5.41) is 0. The van der Waals surface area contributed by atoms with Crippen LogP contribution in [0.4, 0.5) is 0 Å². The van der Waals surface area contributed by atoms with Crippen molar-refractivity contribution in [1.82, 2.24) is 9.97 Å². The van der Waals surface area contributed by atoms with Crippen LogP contribution in [0.3, 0.4) is 0 Å². The fraction of sp³-hybridized carbons (Fsp3) is 0.286. The average Bonchev–Trinajstić information content (AvgIpc) is 2.48. The molecule has 0 fully saturated rings. The lowest BCUT2D eigenvalue weighted by atomic mass is 10.1. The third kappa shape index (κ3) is 2.97. The van der Waals surface area contributed by atoms with Gasteiger partial charge in [-0.05, 0) is 12.1 Å². The molecule has 0 aliphatic carbocycles. The second kappa shape index (κ2) is 6.72. The van der Waals surface area contributed by atoms with Gasteiger partial charge in [0, 0.05) is 12.7 Å². The van der Waals surface area contributed by atoms with E-state index in [1.54, 1.807) is 7.11 Å². The number of nitrogens with zero attached hydrogens (tertiary/aromatic N) is 1. The Morgan fingerprint density at radius 3 is 2.75 bits per heavy atom. The van der Waals surface area contributed by atoms with E-state index in [1.165, 1.54) is 13.4 Å². The molecular weight excluding hydrogens is 260 g/mol. The first-order chi connectivity index (χ1) is 9.77. The van der Waals surface area contributed by atoms with E-state index in [9.17, 15) is 4.79 Å². The molecule has 6 nitrogen and oxygen atoms in total. The summed E-state index contributed by atoms with van der Waals surface area (Å²) < 4.78 is 15.7. The molecule has 6 heteroatoms. The molecule has 20 heavy (non-hydrogen) atoms. The van der Waals surface area contributed by atoms with Crippen molar-refractivity contribution in [3.05, 3.63) is 40.9 Å². The highest BCUT2D eigenvalue weighted by atomic mass is 16.5. The maximum Gasteiger partial charge on any atom is 0.293 e. The van der Waals surface area contributed by atoms with E-state index < -0.39 is 0 Å². The zero-order valence-corrected chi connectivity index (χ0v) is 11.4. The van der Waals surface area contributed by atoms with Crippen LogP contribution < -0.4 is 15.0 Å². The Kier molecular flexibility index (Phi) is 4.73. The van der Waals surface area contributed by atoms with E-state index in [0.717, 1.165) is 0 Å². The van der Waals surface area contributed by atoms with Gasteiger partial charge in [0.1, 0.15) is 18.1 Å². The Morgan fingerprint density at radius 1 is 1.20 bits per heavy atom. The van der Waals surface area contributed by atoms with Gasteiger partial charge in [-0.25, -0.2) is 4.98 Å². The SMILES string of the molecule is COCCOc1ccccc1-c1nc[nH]c(=O)c1OC. The topological polar surface area (TPSA) is 73.4 Å². The lowest BCUT2D eigenvalue weighted by Gasteiger charge is -2.12. The Bertz CT molecular complexity index is 625. The number of ether oxygens (including phenoxy) is 3. The summed E-state index contributed by atoms with van der Waals surface area (Å²) in [4.78, 5) is 18.4. The van der Waals surface area contributed by atoms with Gasteiger partial charge in [-0.2, -0.15) is 0 Å². The lowest BCUT2D eigenvalue weighted by Crippen LogP contribution is -2.12. The average molecular weight is 276 g/mol. The summed E-state index contributed by atoms with van der Waals surface area (Å²) in [7, 11) is 3.04. The fourth-order valence-corrected chi connectivity index (χ4v) is 1.79. The second-order valence-corrected chi connectivity index (χ2v) is 3.95. The minimum absolute atomic E-state index is 0.162. The Balaban J connectivity index is 2.42. The Labute approximate surface area is 116 Å². The Hall–Kier alpha value is -2.34. The molecule has 1 aromatic carbocycles. The number of methoxy groups -OCH3 is 2. The van der Waals surface area contributed by atoms with E-state index in [0.29, 0.717) is 30.2 Å². The largest absolute Gasteiger partial charge is 0.490 e. The van der Waals surface area contributed by atoms with Crippen LogP contribution in [0.1, 0.15) is 0 Å². The number of aromatic nitrogens is 2. The molecule has 0 spiro atoms. The van der Waals surface area contributed by atoms with Gasteiger partial charge in [0.2, 0.25) is 5.75 Å². The van der Waals surface area contributed by atoms with Gasteiger partial charge in [-0.15, -0.1) is 0 Å². The van der Waals surface area contributed by atoms with Crippen LogP contribution in [-0.2, 0) is 4.74 Å². The molecule has 106 valence electrons. The third-order valence-electron chi connectivity index (χ3n) is 2.70. The van der Waals surface area contributed by atoms with Gasteiger partial charge in [0.05, 0.1) is 20.0 Å². The smallest absolute Gasteiger partial charge is 0.293 e. The van der Waals surface area contributed by atoms with Crippen LogP contribution in [-0.4, -0.2) is 37.4 Å². The highest BCUT2D eigenvalue weighted by Crippen LogP contribution is 2.32. The van der Waals surface area contributed by atoms with E-state index >= 15 is 0 Å². The molecule has 0 saturated heterocycles. The molecule has 0 atom stereocenters. The summed E-state index contributed by atoms with van der Waals surface area (Å²) in [5.74, 6) is 0.788. The van der Waals surface area contributed by atoms with Crippen molar-refractivity contribution in [2.24, 2.45) is 0 Å². The van der Waals surface area contributed by atoms with Crippen molar-refractivity contribution < 1.29 is 14.2 Å². The maximum absolute atomic E-state index is 11.7. The van der Waals surface area contributed by atoms with Crippen molar-refractivity contribution in [2.75, 3.05) is 27.4 Å². The quantitative estimate of drug-likeness (QED) is 0.809. The number of aromatic amines is 1. The summed E-state index contributed by atoms with van der Waals surface area (Å²) in [5.41, 5.74) is 0.819. The molecule has 0 radical (unpaired) electrons. The van der Waals surface area contributed by atoms with Crippen LogP contribution in [0.5, 0.6) is 11.5 Å². The highest BCUT2D eigenvalue weighted by Gasteiger charge is 2.15. The highest BCUT2D eigenvalue weighted by molar-refractivity contribution is 5.71. The predicted molar refractivity (Wildman–Crippen MR) is 74.2 cm³/mol. The molecule has 1 heterocycles. The predicted octanol–water partition coefficient (Wildman–Crippen LogP) is 1.47. The zero-order valence-electron chi connectivity index (χ0n) is 11.4. The number of hydrogen-bond acceptors (Lipinski definition) is 5. The number of benzene rings is 1. The van der Waals surface area contributed by atoms with Crippen molar-refractivity contribution in [1.29, 1.82) is 0 Å².